The zero-order valence-electron chi connectivity index (χ0n) is 23.2. The highest BCUT2D eigenvalue weighted by Gasteiger charge is 2.27. The van der Waals surface area contributed by atoms with Crippen molar-refractivity contribution < 1.29 is 14.3 Å². The van der Waals surface area contributed by atoms with Gasteiger partial charge in [0.2, 0.25) is 23.7 Å². The molecular weight excluding hydrogens is 508 g/mol. The Hall–Kier alpha value is -3.99. The highest BCUT2D eigenvalue weighted by atomic mass is 16.5. The first-order valence-corrected chi connectivity index (χ1v) is 14.1. The molecule has 3 N–H and O–H groups in total. The monoisotopic (exact) mass is 546 g/mol. The highest BCUT2D eigenvalue weighted by molar-refractivity contribution is 5.94. The van der Waals surface area contributed by atoms with Crippen LogP contribution in [0.5, 0.6) is 0 Å². The molecule has 5 rings (SSSR count). The average molecular weight is 547 g/mol. The van der Waals surface area contributed by atoms with Crippen LogP contribution in [0.4, 0.5) is 17.6 Å². The van der Waals surface area contributed by atoms with Crippen molar-refractivity contribution in [2.24, 2.45) is 5.92 Å². The summed E-state index contributed by atoms with van der Waals surface area (Å²) < 4.78 is 7.24. The molecule has 2 aromatic heterocycles. The number of nitrogens with one attached hydrogen (secondary N) is 3. The highest BCUT2D eigenvalue weighted by Crippen LogP contribution is 2.24. The van der Waals surface area contributed by atoms with Gasteiger partial charge in [-0.05, 0) is 55.4 Å². The first-order valence-electron chi connectivity index (χ1n) is 14.1. The predicted octanol–water partition coefficient (Wildman–Crippen LogP) is 3.81. The van der Waals surface area contributed by atoms with Crippen molar-refractivity contribution in [1.82, 2.24) is 24.5 Å². The second-order valence-electron chi connectivity index (χ2n) is 10.8. The number of hydrogen-bond donors (Lipinski definition) is 3. The van der Waals surface area contributed by atoms with E-state index in [9.17, 15) is 9.59 Å². The van der Waals surface area contributed by atoms with Gasteiger partial charge in [-0.15, -0.1) is 0 Å². The summed E-state index contributed by atoms with van der Waals surface area (Å²) in [5.41, 5.74) is 3.53. The van der Waals surface area contributed by atoms with Crippen LogP contribution in [0.15, 0.2) is 43.1 Å². The Morgan fingerprint density at radius 3 is 2.80 bits per heavy atom. The number of ether oxygens (including phenoxy) is 1. The number of hydrogen-bond acceptors (Lipinski definition) is 8. The van der Waals surface area contributed by atoms with Crippen LogP contribution in [0.1, 0.15) is 56.6 Å². The van der Waals surface area contributed by atoms with E-state index in [2.05, 4.69) is 41.5 Å². The first-order chi connectivity index (χ1) is 19.4. The zero-order valence-corrected chi connectivity index (χ0v) is 23.2. The van der Waals surface area contributed by atoms with Gasteiger partial charge in [0.05, 0.1) is 12.1 Å². The molecule has 1 unspecified atom stereocenters. The van der Waals surface area contributed by atoms with Crippen LogP contribution in [0.2, 0.25) is 0 Å². The largest absolute Gasteiger partial charge is 0.381 e. The number of likely N-dealkylation sites (tertiary alicyclic amines) is 1. The Morgan fingerprint density at radius 1 is 1.20 bits per heavy atom. The van der Waals surface area contributed by atoms with Gasteiger partial charge in [-0.1, -0.05) is 32.6 Å². The van der Waals surface area contributed by atoms with Gasteiger partial charge in [-0.3, -0.25) is 9.59 Å². The van der Waals surface area contributed by atoms with E-state index < -0.39 is 0 Å². The van der Waals surface area contributed by atoms with Crippen LogP contribution < -0.4 is 16.0 Å². The van der Waals surface area contributed by atoms with Gasteiger partial charge >= 0.3 is 0 Å². The third kappa shape index (κ3) is 6.41. The smallest absolute Gasteiger partial charge is 0.245 e. The van der Waals surface area contributed by atoms with Crippen molar-refractivity contribution in [1.29, 1.82) is 0 Å². The van der Waals surface area contributed by atoms with Crippen molar-refractivity contribution in [2.75, 3.05) is 42.3 Å². The molecule has 0 bridgehead atoms. The van der Waals surface area contributed by atoms with Gasteiger partial charge in [0.25, 0.3) is 0 Å². The van der Waals surface area contributed by atoms with Gasteiger partial charge in [0.1, 0.15) is 0 Å². The SMILES string of the molecule is C=CC(=O)N1CCCC(C(=O)Nc2cccc(CNc3nc(NC4CCOCC4)nc4c(C(C)C)cnn34)c2)C1. The van der Waals surface area contributed by atoms with E-state index in [-0.39, 0.29) is 29.7 Å². The average Bonchev–Trinajstić information content (AvgIpc) is 3.41. The number of benzene rings is 1. The summed E-state index contributed by atoms with van der Waals surface area (Å²) in [6, 6.07) is 8.00. The summed E-state index contributed by atoms with van der Waals surface area (Å²) in [6.45, 7) is 10.8. The fourth-order valence-electron chi connectivity index (χ4n) is 5.21. The molecule has 2 aliphatic heterocycles. The van der Waals surface area contributed by atoms with Crippen LogP contribution in [0.3, 0.4) is 0 Å². The topological polar surface area (TPSA) is 126 Å². The molecule has 3 aromatic rings. The maximum atomic E-state index is 13.0. The summed E-state index contributed by atoms with van der Waals surface area (Å²) in [4.78, 5) is 36.2. The number of aromatic nitrogens is 4. The predicted molar refractivity (Wildman–Crippen MR) is 154 cm³/mol. The third-order valence-electron chi connectivity index (χ3n) is 7.50. The quantitative estimate of drug-likeness (QED) is 0.346. The molecule has 2 amide bonds. The molecule has 2 saturated heterocycles. The molecule has 0 spiro atoms. The van der Waals surface area contributed by atoms with E-state index in [1.807, 2.05) is 30.5 Å². The summed E-state index contributed by atoms with van der Waals surface area (Å²) in [5, 5.41) is 14.5. The van der Waals surface area contributed by atoms with Crippen LogP contribution in [-0.2, 0) is 20.9 Å². The first kappa shape index (κ1) is 27.6. The van der Waals surface area contributed by atoms with Crippen molar-refractivity contribution in [3.63, 3.8) is 0 Å². The molecule has 0 saturated carbocycles. The lowest BCUT2D eigenvalue weighted by atomic mass is 9.97. The van der Waals surface area contributed by atoms with Gasteiger partial charge < -0.3 is 25.6 Å². The van der Waals surface area contributed by atoms with Crippen molar-refractivity contribution >= 4 is 35.0 Å². The summed E-state index contributed by atoms with van der Waals surface area (Å²) >= 11 is 0. The number of fused-ring (bicyclic) bond motifs is 1. The lowest BCUT2D eigenvalue weighted by Crippen LogP contribution is -2.43. The maximum absolute atomic E-state index is 13.0. The molecule has 11 heteroatoms. The van der Waals surface area contributed by atoms with E-state index in [0.29, 0.717) is 37.2 Å². The Bertz CT molecular complexity index is 1360. The molecule has 1 atom stereocenters. The molecule has 212 valence electrons. The Kier molecular flexibility index (Phi) is 8.59. The number of anilines is 3. The van der Waals surface area contributed by atoms with Crippen molar-refractivity contribution in [3.05, 3.63) is 54.2 Å². The summed E-state index contributed by atoms with van der Waals surface area (Å²) in [5.74, 6) is 0.976. The number of nitrogens with zero attached hydrogens (tertiary/aromatic N) is 5. The van der Waals surface area contributed by atoms with E-state index >= 15 is 0 Å². The lowest BCUT2D eigenvalue weighted by molar-refractivity contribution is -0.130. The second kappa shape index (κ2) is 12.5. The molecule has 1 aromatic carbocycles. The van der Waals surface area contributed by atoms with Crippen LogP contribution in [0, 0.1) is 5.92 Å². The summed E-state index contributed by atoms with van der Waals surface area (Å²) in [7, 11) is 0. The normalized spacial score (nSPS) is 18.1. The number of rotatable bonds is 9. The molecule has 11 nitrogen and oxygen atoms in total. The van der Waals surface area contributed by atoms with Crippen molar-refractivity contribution in [2.45, 2.75) is 58.0 Å². The van der Waals surface area contributed by atoms with E-state index in [4.69, 9.17) is 14.7 Å². The van der Waals surface area contributed by atoms with Crippen molar-refractivity contribution in [3.8, 4) is 0 Å². The zero-order chi connectivity index (χ0) is 28.1. The fourth-order valence-corrected chi connectivity index (χ4v) is 5.21. The number of piperidine rings is 1. The maximum Gasteiger partial charge on any atom is 0.245 e. The lowest BCUT2D eigenvalue weighted by Gasteiger charge is -2.31. The minimum absolute atomic E-state index is 0.0780. The molecule has 4 heterocycles. The Labute approximate surface area is 234 Å². The molecule has 2 aliphatic rings. The summed E-state index contributed by atoms with van der Waals surface area (Å²) in [6.07, 6.45) is 6.53. The van der Waals surface area contributed by atoms with Crippen LogP contribution in [-0.4, -0.2) is 68.6 Å². The molecule has 0 radical (unpaired) electrons. The van der Waals surface area contributed by atoms with E-state index in [1.54, 1.807) is 9.42 Å². The van der Waals surface area contributed by atoms with Gasteiger partial charge in [0.15, 0.2) is 5.65 Å². The Morgan fingerprint density at radius 2 is 2.02 bits per heavy atom. The minimum atomic E-state index is -0.245. The van der Waals surface area contributed by atoms with Gasteiger partial charge in [-0.25, -0.2) is 0 Å². The van der Waals surface area contributed by atoms with Crippen LogP contribution >= 0.6 is 0 Å². The van der Waals surface area contributed by atoms with Gasteiger partial charge in [-0.2, -0.15) is 19.6 Å². The Balaban J connectivity index is 1.29. The van der Waals surface area contributed by atoms with Gasteiger partial charge in [0, 0.05) is 50.1 Å². The van der Waals surface area contributed by atoms with E-state index in [0.717, 1.165) is 55.7 Å². The van der Waals surface area contributed by atoms with E-state index in [1.165, 1.54) is 6.08 Å². The molecule has 0 aliphatic carbocycles. The number of amides is 2. The number of carbonyl (C=O) groups excluding carboxylic acids is 2. The number of carbonyl (C=O) groups is 2. The third-order valence-corrected chi connectivity index (χ3v) is 7.50. The van der Waals surface area contributed by atoms with Crippen LogP contribution in [0.25, 0.3) is 5.65 Å². The molecule has 2 fully saturated rings. The standard InChI is InChI=1S/C29H38N8O3/c1-4-25(38)36-12-6-8-21(18-36)27(39)32-23-9-5-7-20(15-23)16-30-29-35-28(33-22-10-13-40-14-11-22)34-26-24(19(2)3)17-31-37(26)29/h4-5,7,9,15,17,19,21-22H,1,6,8,10-14,16,18H2,2-3H3,(H,32,39)(H2,30,33,34,35). The second-order valence-corrected chi connectivity index (χ2v) is 10.8. The molecule has 40 heavy (non-hydrogen) atoms. The minimum Gasteiger partial charge on any atom is -0.381 e. The fraction of sp³-hybridized carbons (Fsp3) is 0.483. The molecular formula is C29H38N8O3.